The van der Waals surface area contributed by atoms with E-state index in [1.54, 1.807) is 33.5 Å². The summed E-state index contributed by atoms with van der Waals surface area (Å²) < 4.78 is 16.2. The number of ether oxygens (including phenoxy) is 3. The highest BCUT2D eigenvalue weighted by atomic mass is 16.5. The highest BCUT2D eigenvalue weighted by Crippen LogP contribution is 2.43. The Hall–Kier alpha value is -3.73. The number of rotatable bonds is 6. The van der Waals surface area contributed by atoms with E-state index in [4.69, 9.17) is 14.2 Å². The highest BCUT2D eigenvalue weighted by Gasteiger charge is 2.28. The highest BCUT2D eigenvalue weighted by molar-refractivity contribution is 5.94. The number of methoxy groups -OCH3 is 3. The van der Waals surface area contributed by atoms with Crippen LogP contribution in [0, 0.1) is 0 Å². The van der Waals surface area contributed by atoms with Crippen molar-refractivity contribution in [3.63, 3.8) is 0 Å². The molecule has 0 aromatic heterocycles. The molecule has 30 heavy (non-hydrogen) atoms. The molecule has 0 heterocycles. The molecule has 0 fully saturated rings. The molecule has 0 spiro atoms. The van der Waals surface area contributed by atoms with Crippen LogP contribution in [-0.2, 0) is 4.79 Å². The quantitative estimate of drug-likeness (QED) is 0.613. The van der Waals surface area contributed by atoms with E-state index in [-0.39, 0.29) is 11.9 Å². The second kappa shape index (κ2) is 8.33. The molecule has 1 aliphatic carbocycles. The van der Waals surface area contributed by atoms with Crippen LogP contribution in [0.1, 0.15) is 22.7 Å². The number of fused-ring (bicyclic) bond motifs is 3. The monoisotopic (exact) mass is 401 g/mol. The lowest BCUT2D eigenvalue weighted by Crippen LogP contribution is -2.26. The molecule has 0 atom stereocenters. The van der Waals surface area contributed by atoms with Crippen molar-refractivity contribution in [1.29, 1.82) is 0 Å². The molecular weight excluding hydrogens is 378 g/mol. The zero-order valence-electron chi connectivity index (χ0n) is 17.1. The number of nitrogens with one attached hydrogen (secondary N) is 1. The van der Waals surface area contributed by atoms with Crippen molar-refractivity contribution in [2.75, 3.05) is 21.3 Å². The molecule has 0 saturated carbocycles. The number of carbonyl (C=O) groups excluding carboxylic acids is 1. The van der Waals surface area contributed by atoms with Crippen molar-refractivity contribution in [3.05, 3.63) is 83.4 Å². The van der Waals surface area contributed by atoms with Gasteiger partial charge in [-0.2, -0.15) is 0 Å². The smallest absolute Gasteiger partial charge is 0.244 e. The summed E-state index contributed by atoms with van der Waals surface area (Å²) in [5, 5.41) is 3.13. The van der Waals surface area contributed by atoms with Crippen molar-refractivity contribution in [1.82, 2.24) is 5.32 Å². The average Bonchev–Trinajstić information content (AvgIpc) is 3.10. The Bertz CT molecular complexity index is 1070. The predicted octanol–water partition coefficient (Wildman–Crippen LogP) is 4.61. The van der Waals surface area contributed by atoms with E-state index in [1.165, 1.54) is 6.08 Å². The minimum atomic E-state index is -0.191. The fourth-order valence-electron chi connectivity index (χ4n) is 3.92. The maximum Gasteiger partial charge on any atom is 0.244 e. The molecule has 0 radical (unpaired) electrons. The van der Waals surface area contributed by atoms with Gasteiger partial charge in [-0.15, -0.1) is 0 Å². The van der Waals surface area contributed by atoms with Crippen LogP contribution >= 0.6 is 0 Å². The van der Waals surface area contributed by atoms with Gasteiger partial charge in [0.25, 0.3) is 0 Å². The lowest BCUT2D eigenvalue weighted by molar-refractivity contribution is -0.116. The number of amides is 1. The Kier molecular flexibility index (Phi) is 5.44. The third-order valence-electron chi connectivity index (χ3n) is 5.27. The summed E-state index contributed by atoms with van der Waals surface area (Å²) in [6, 6.07) is 19.7. The van der Waals surface area contributed by atoms with Crippen LogP contribution in [0.3, 0.4) is 0 Å². The van der Waals surface area contributed by atoms with E-state index < -0.39 is 0 Å². The van der Waals surface area contributed by atoms with Gasteiger partial charge >= 0.3 is 0 Å². The lowest BCUT2D eigenvalue weighted by atomic mass is 10.1. The number of hydrogen-bond acceptors (Lipinski definition) is 4. The lowest BCUT2D eigenvalue weighted by Gasteiger charge is -2.15. The van der Waals surface area contributed by atoms with Crippen LogP contribution in [-0.4, -0.2) is 27.2 Å². The third kappa shape index (κ3) is 3.39. The zero-order chi connectivity index (χ0) is 21.1. The molecule has 0 unspecified atom stereocenters. The van der Waals surface area contributed by atoms with Gasteiger partial charge in [-0.25, -0.2) is 0 Å². The van der Waals surface area contributed by atoms with Gasteiger partial charge in [0.05, 0.1) is 27.4 Å². The summed E-state index contributed by atoms with van der Waals surface area (Å²) >= 11 is 0. The van der Waals surface area contributed by atoms with Gasteiger partial charge < -0.3 is 19.5 Å². The standard InChI is InChI=1S/C25H23NO4/c1-28-21-14-12-16(24(29-2)25(21)30-3)13-15-22(27)26-23-19-10-6-4-8-17(19)18-9-5-7-11-20(18)23/h4-15,23H,1-3H3,(H,26,27). The van der Waals surface area contributed by atoms with Crippen molar-refractivity contribution in [3.8, 4) is 28.4 Å². The van der Waals surface area contributed by atoms with Crippen LogP contribution < -0.4 is 19.5 Å². The Morgan fingerprint density at radius 1 is 0.800 bits per heavy atom. The molecule has 4 rings (SSSR count). The normalized spacial score (nSPS) is 12.4. The fraction of sp³-hybridized carbons (Fsp3) is 0.160. The number of carbonyl (C=O) groups is 1. The molecule has 1 N–H and O–H groups in total. The van der Waals surface area contributed by atoms with Gasteiger partial charge in [0.1, 0.15) is 0 Å². The molecule has 0 aliphatic heterocycles. The molecule has 0 bridgehead atoms. The summed E-state index contributed by atoms with van der Waals surface area (Å²) in [7, 11) is 4.67. The summed E-state index contributed by atoms with van der Waals surface area (Å²) in [6.45, 7) is 0. The second-order valence-electron chi connectivity index (χ2n) is 6.87. The molecule has 3 aromatic carbocycles. The second-order valence-corrected chi connectivity index (χ2v) is 6.87. The topological polar surface area (TPSA) is 56.8 Å². The summed E-state index contributed by atoms with van der Waals surface area (Å²) in [6.07, 6.45) is 3.22. The van der Waals surface area contributed by atoms with Crippen molar-refractivity contribution < 1.29 is 19.0 Å². The SMILES string of the molecule is COc1ccc(C=CC(=O)NC2c3ccccc3-c3ccccc32)c(OC)c1OC. The van der Waals surface area contributed by atoms with Crippen molar-refractivity contribution in [2.45, 2.75) is 6.04 Å². The molecule has 0 saturated heterocycles. The van der Waals surface area contributed by atoms with Gasteiger partial charge in [0, 0.05) is 11.6 Å². The maximum atomic E-state index is 12.8. The minimum absolute atomic E-state index is 0.179. The first-order valence-corrected chi connectivity index (χ1v) is 9.63. The van der Waals surface area contributed by atoms with Crippen LogP contribution in [0.25, 0.3) is 17.2 Å². The molecule has 5 nitrogen and oxygen atoms in total. The Balaban J connectivity index is 1.60. The van der Waals surface area contributed by atoms with E-state index >= 15 is 0 Å². The van der Waals surface area contributed by atoms with E-state index in [2.05, 4.69) is 29.6 Å². The van der Waals surface area contributed by atoms with Crippen LogP contribution in [0.4, 0.5) is 0 Å². The molecule has 1 amide bonds. The first kappa shape index (κ1) is 19.6. The van der Waals surface area contributed by atoms with Crippen LogP contribution in [0.15, 0.2) is 66.7 Å². The summed E-state index contributed by atoms with van der Waals surface area (Å²) in [4.78, 5) is 12.8. The first-order valence-electron chi connectivity index (χ1n) is 9.63. The zero-order valence-corrected chi connectivity index (χ0v) is 17.1. The largest absolute Gasteiger partial charge is 0.493 e. The maximum absolute atomic E-state index is 12.8. The van der Waals surface area contributed by atoms with Gasteiger partial charge in [0.2, 0.25) is 11.7 Å². The average molecular weight is 401 g/mol. The number of benzene rings is 3. The van der Waals surface area contributed by atoms with Gasteiger partial charge in [0.15, 0.2) is 11.5 Å². The predicted molar refractivity (Wildman–Crippen MR) is 117 cm³/mol. The third-order valence-corrected chi connectivity index (χ3v) is 5.27. The molecule has 1 aliphatic rings. The van der Waals surface area contributed by atoms with Crippen LogP contribution in [0.2, 0.25) is 0 Å². The molecular formula is C25H23NO4. The summed E-state index contributed by atoms with van der Waals surface area (Å²) in [5.41, 5.74) is 5.23. The fourth-order valence-corrected chi connectivity index (χ4v) is 3.92. The Morgan fingerprint density at radius 3 is 1.97 bits per heavy atom. The van der Waals surface area contributed by atoms with E-state index in [9.17, 15) is 4.79 Å². The van der Waals surface area contributed by atoms with Crippen molar-refractivity contribution >= 4 is 12.0 Å². The summed E-state index contributed by atoms with van der Waals surface area (Å²) in [5.74, 6) is 1.37. The Morgan fingerprint density at radius 2 is 1.40 bits per heavy atom. The molecule has 152 valence electrons. The Labute approximate surface area is 175 Å². The molecule has 5 heteroatoms. The van der Waals surface area contributed by atoms with E-state index in [0.717, 1.165) is 27.8 Å². The number of hydrogen-bond donors (Lipinski definition) is 1. The van der Waals surface area contributed by atoms with Crippen molar-refractivity contribution in [2.24, 2.45) is 0 Å². The van der Waals surface area contributed by atoms with Gasteiger partial charge in [-0.1, -0.05) is 48.5 Å². The molecule has 3 aromatic rings. The first-order chi connectivity index (χ1) is 14.7. The van der Waals surface area contributed by atoms with E-state index in [0.29, 0.717) is 17.2 Å². The van der Waals surface area contributed by atoms with Gasteiger partial charge in [-0.05, 0) is 40.5 Å². The van der Waals surface area contributed by atoms with Crippen LogP contribution in [0.5, 0.6) is 17.2 Å². The van der Waals surface area contributed by atoms with Gasteiger partial charge in [-0.3, -0.25) is 4.79 Å². The minimum Gasteiger partial charge on any atom is -0.493 e. The van der Waals surface area contributed by atoms with E-state index in [1.807, 2.05) is 30.3 Å².